The molecule has 1 aliphatic rings. The highest BCUT2D eigenvalue weighted by Crippen LogP contribution is 2.37. The van der Waals surface area contributed by atoms with E-state index in [4.69, 9.17) is 4.74 Å². The Morgan fingerprint density at radius 3 is 2.54 bits per heavy atom. The smallest absolute Gasteiger partial charge is 0.417 e. The number of benzene rings is 2. The number of thiazole rings is 1. The van der Waals surface area contributed by atoms with Gasteiger partial charge in [0, 0.05) is 17.5 Å². The molecule has 0 radical (unpaired) electrons. The number of methoxy groups -OCH3 is 1. The van der Waals surface area contributed by atoms with Crippen molar-refractivity contribution in [1.29, 1.82) is 0 Å². The summed E-state index contributed by atoms with van der Waals surface area (Å²) in [4.78, 5) is 16.6. The van der Waals surface area contributed by atoms with E-state index in [1.54, 1.807) is 24.6 Å². The van der Waals surface area contributed by atoms with Gasteiger partial charge in [-0.15, -0.1) is 11.3 Å². The lowest BCUT2D eigenvalue weighted by molar-refractivity contribution is -0.139. The van der Waals surface area contributed by atoms with Crippen LogP contribution in [0, 0.1) is 0 Å². The van der Waals surface area contributed by atoms with Gasteiger partial charge < -0.3 is 10.1 Å². The number of amides is 1. The lowest BCUT2D eigenvalue weighted by Gasteiger charge is -2.34. The van der Waals surface area contributed by atoms with Crippen LogP contribution in [0.15, 0.2) is 58.8 Å². The largest absolute Gasteiger partial charge is 0.497 e. The van der Waals surface area contributed by atoms with Crippen LogP contribution in [0.2, 0.25) is 0 Å². The number of anilines is 1. The fourth-order valence-electron chi connectivity index (χ4n) is 3.92. The molecule has 1 saturated heterocycles. The molecule has 1 N–H and O–H groups in total. The summed E-state index contributed by atoms with van der Waals surface area (Å²) in [5, 5.41) is 4.64. The Hall–Kier alpha value is -2.96. The fourth-order valence-corrected chi connectivity index (χ4v) is 6.51. The molecule has 3 aromatic rings. The second-order valence-corrected chi connectivity index (χ2v) is 10.6. The molecule has 1 aliphatic heterocycles. The quantitative estimate of drug-likeness (QED) is 0.488. The van der Waals surface area contributed by atoms with Gasteiger partial charge in [-0.25, -0.2) is 13.4 Å². The number of piperidine rings is 1. The molecule has 0 spiro atoms. The number of halogens is 3. The third-order valence-corrected chi connectivity index (χ3v) is 8.38. The first-order valence-corrected chi connectivity index (χ1v) is 13.0. The third kappa shape index (κ3) is 5.34. The summed E-state index contributed by atoms with van der Waals surface area (Å²) in [6, 6.07) is 10.0. The van der Waals surface area contributed by atoms with Crippen LogP contribution in [-0.4, -0.2) is 43.3 Å². The van der Waals surface area contributed by atoms with Crippen molar-refractivity contribution in [2.75, 3.05) is 19.0 Å². The number of ether oxygens (including phenoxy) is 1. The minimum absolute atomic E-state index is 0.0540. The van der Waals surface area contributed by atoms with Gasteiger partial charge in [0.15, 0.2) is 5.13 Å². The standard InChI is InChI=1S/C23H22F3N3O4S2/c1-33-16-11-9-15(10-12-16)18-14-34-22(27-18)28-21(30)19-7-4-5-13-29(19)35(31,32)20-8-3-2-6-17(20)23(24,25)26/h2-3,6,8-12,14,19H,4-5,7,13H2,1H3,(H,27,28,30)/t19-/m1/s1. The molecule has 1 aromatic heterocycles. The van der Waals surface area contributed by atoms with Gasteiger partial charge in [-0.05, 0) is 49.2 Å². The van der Waals surface area contributed by atoms with E-state index in [0.29, 0.717) is 24.3 Å². The van der Waals surface area contributed by atoms with Crippen molar-refractivity contribution in [3.8, 4) is 17.0 Å². The van der Waals surface area contributed by atoms with Crippen molar-refractivity contribution >= 4 is 32.4 Å². The first-order chi connectivity index (χ1) is 16.6. The minimum atomic E-state index is -4.85. The maximum atomic E-state index is 13.5. The third-order valence-electron chi connectivity index (χ3n) is 5.66. The van der Waals surface area contributed by atoms with E-state index >= 15 is 0 Å². The van der Waals surface area contributed by atoms with E-state index in [1.165, 1.54) is 17.4 Å². The molecule has 0 saturated carbocycles. The maximum Gasteiger partial charge on any atom is 0.417 e. The average molecular weight is 526 g/mol. The maximum absolute atomic E-state index is 13.5. The van der Waals surface area contributed by atoms with Gasteiger partial charge in [-0.1, -0.05) is 18.6 Å². The Morgan fingerprint density at radius 2 is 1.86 bits per heavy atom. The summed E-state index contributed by atoms with van der Waals surface area (Å²) in [5.41, 5.74) is 0.155. The number of nitrogens with zero attached hydrogens (tertiary/aromatic N) is 2. The normalized spacial score (nSPS) is 17.2. The number of carbonyl (C=O) groups is 1. The summed E-state index contributed by atoms with van der Waals surface area (Å²) in [6.07, 6.45) is -3.65. The first-order valence-electron chi connectivity index (χ1n) is 10.7. The van der Waals surface area contributed by atoms with Crippen LogP contribution in [0.3, 0.4) is 0 Å². The van der Waals surface area contributed by atoms with Crippen molar-refractivity contribution in [2.24, 2.45) is 0 Å². The number of nitrogens with one attached hydrogen (secondary N) is 1. The molecular weight excluding hydrogens is 503 g/mol. The first kappa shape index (κ1) is 25.1. The molecule has 0 aliphatic carbocycles. The van der Waals surface area contributed by atoms with E-state index in [1.807, 2.05) is 12.1 Å². The number of hydrogen-bond donors (Lipinski definition) is 1. The molecule has 7 nitrogen and oxygen atoms in total. The van der Waals surface area contributed by atoms with E-state index in [-0.39, 0.29) is 18.1 Å². The zero-order valence-electron chi connectivity index (χ0n) is 18.6. The highest BCUT2D eigenvalue weighted by Gasteiger charge is 2.43. The Kier molecular flexibility index (Phi) is 7.15. The minimum Gasteiger partial charge on any atom is -0.497 e. The highest BCUT2D eigenvalue weighted by atomic mass is 32.2. The van der Waals surface area contributed by atoms with Gasteiger partial charge in [0.2, 0.25) is 15.9 Å². The van der Waals surface area contributed by atoms with E-state index < -0.39 is 38.6 Å². The van der Waals surface area contributed by atoms with Crippen molar-refractivity contribution in [3.05, 3.63) is 59.5 Å². The molecule has 35 heavy (non-hydrogen) atoms. The number of carbonyl (C=O) groups excluding carboxylic acids is 1. The summed E-state index contributed by atoms with van der Waals surface area (Å²) in [7, 11) is -3.03. The Labute approximate surface area is 204 Å². The van der Waals surface area contributed by atoms with Gasteiger partial charge >= 0.3 is 6.18 Å². The predicted octanol–water partition coefficient (Wildman–Crippen LogP) is 5.02. The Balaban J connectivity index is 1.57. The molecule has 12 heteroatoms. The molecule has 1 fully saturated rings. The lowest BCUT2D eigenvalue weighted by Crippen LogP contribution is -2.50. The molecule has 2 aromatic carbocycles. The van der Waals surface area contributed by atoms with Gasteiger partial charge in [0.25, 0.3) is 0 Å². The second-order valence-electron chi connectivity index (χ2n) is 7.88. The van der Waals surface area contributed by atoms with Crippen molar-refractivity contribution < 1.29 is 31.1 Å². The van der Waals surface area contributed by atoms with Crippen LogP contribution >= 0.6 is 11.3 Å². The summed E-state index contributed by atoms with van der Waals surface area (Å²) in [6.45, 7) is -0.0540. The summed E-state index contributed by atoms with van der Waals surface area (Å²) < 4.78 is 73.1. The predicted molar refractivity (Wildman–Crippen MR) is 126 cm³/mol. The molecule has 0 unspecified atom stereocenters. The zero-order valence-corrected chi connectivity index (χ0v) is 20.2. The van der Waals surface area contributed by atoms with Crippen molar-refractivity contribution in [1.82, 2.24) is 9.29 Å². The van der Waals surface area contributed by atoms with Crippen LogP contribution in [0.25, 0.3) is 11.3 Å². The van der Waals surface area contributed by atoms with Gasteiger partial charge in [0.05, 0.1) is 23.3 Å². The molecule has 2 heterocycles. The number of alkyl halides is 3. The average Bonchev–Trinajstić information content (AvgIpc) is 3.32. The number of sulfonamides is 1. The molecule has 4 rings (SSSR count). The van der Waals surface area contributed by atoms with E-state index in [0.717, 1.165) is 28.1 Å². The van der Waals surface area contributed by atoms with Crippen LogP contribution in [0.5, 0.6) is 5.75 Å². The fraction of sp³-hybridized carbons (Fsp3) is 0.304. The topological polar surface area (TPSA) is 88.6 Å². The SMILES string of the molecule is COc1ccc(-c2csc(NC(=O)[C@H]3CCCCN3S(=O)(=O)c3ccccc3C(F)(F)F)n2)cc1. The highest BCUT2D eigenvalue weighted by molar-refractivity contribution is 7.89. The Bertz CT molecular complexity index is 1310. The van der Waals surface area contributed by atoms with Crippen molar-refractivity contribution in [3.63, 3.8) is 0 Å². The number of rotatable bonds is 6. The molecule has 1 atom stereocenters. The van der Waals surface area contributed by atoms with Crippen LogP contribution < -0.4 is 10.1 Å². The van der Waals surface area contributed by atoms with Crippen LogP contribution in [0.4, 0.5) is 18.3 Å². The molecule has 0 bridgehead atoms. The van der Waals surface area contributed by atoms with Gasteiger partial charge in [-0.3, -0.25) is 4.79 Å². The number of aromatic nitrogens is 1. The monoisotopic (exact) mass is 525 g/mol. The zero-order chi connectivity index (χ0) is 25.2. The summed E-state index contributed by atoms with van der Waals surface area (Å²) >= 11 is 1.17. The molecular formula is C23H22F3N3O4S2. The van der Waals surface area contributed by atoms with Crippen LogP contribution in [0.1, 0.15) is 24.8 Å². The van der Waals surface area contributed by atoms with Gasteiger partial charge in [0.1, 0.15) is 11.8 Å². The molecule has 186 valence electrons. The lowest BCUT2D eigenvalue weighted by atomic mass is 10.0. The van der Waals surface area contributed by atoms with Crippen LogP contribution in [-0.2, 0) is 21.0 Å². The number of hydrogen-bond acceptors (Lipinski definition) is 6. The second kappa shape index (κ2) is 9.96. The Morgan fingerprint density at radius 1 is 1.14 bits per heavy atom. The summed E-state index contributed by atoms with van der Waals surface area (Å²) in [5.74, 6) is 0.0524. The van der Waals surface area contributed by atoms with E-state index in [9.17, 15) is 26.4 Å². The van der Waals surface area contributed by atoms with E-state index in [2.05, 4.69) is 10.3 Å². The van der Waals surface area contributed by atoms with Crippen molar-refractivity contribution in [2.45, 2.75) is 36.4 Å². The molecule has 1 amide bonds. The van der Waals surface area contributed by atoms with Gasteiger partial charge in [-0.2, -0.15) is 17.5 Å².